The van der Waals surface area contributed by atoms with Crippen LogP contribution in [0.4, 0.5) is 5.69 Å². The van der Waals surface area contributed by atoms with Crippen LogP contribution in [0, 0.1) is 11.3 Å². The minimum Gasteiger partial charge on any atom is -0.478 e. The molecular formula is C10H8N2O2. The number of nitrogen functional groups attached to an aromatic ring is 1. The van der Waals surface area contributed by atoms with E-state index < -0.39 is 5.97 Å². The van der Waals surface area contributed by atoms with Crippen molar-refractivity contribution in [2.24, 2.45) is 0 Å². The molecule has 70 valence electrons. The van der Waals surface area contributed by atoms with Gasteiger partial charge in [-0.3, -0.25) is 0 Å². The molecule has 4 nitrogen and oxygen atoms in total. The summed E-state index contributed by atoms with van der Waals surface area (Å²) in [6.45, 7) is 0. The topological polar surface area (TPSA) is 87.1 Å². The summed E-state index contributed by atoms with van der Waals surface area (Å²) in [6.07, 6.45) is 0.867. The third-order valence-corrected chi connectivity index (χ3v) is 1.61. The minimum atomic E-state index is -1.14. The van der Waals surface area contributed by atoms with Gasteiger partial charge < -0.3 is 10.8 Å². The number of nitriles is 1. The lowest BCUT2D eigenvalue weighted by molar-refractivity contribution is -0.131. The van der Waals surface area contributed by atoms with Crippen molar-refractivity contribution >= 4 is 17.2 Å². The van der Waals surface area contributed by atoms with Crippen molar-refractivity contribution in [1.29, 1.82) is 5.26 Å². The summed E-state index contributed by atoms with van der Waals surface area (Å²) < 4.78 is 0. The van der Waals surface area contributed by atoms with Crippen LogP contribution < -0.4 is 5.73 Å². The van der Waals surface area contributed by atoms with E-state index in [1.165, 1.54) is 0 Å². The Balaban J connectivity index is 3.09. The fourth-order valence-corrected chi connectivity index (χ4v) is 0.966. The van der Waals surface area contributed by atoms with E-state index in [0.717, 1.165) is 6.08 Å². The first-order valence-corrected chi connectivity index (χ1v) is 3.84. The number of nitrogens with two attached hydrogens (primary N) is 1. The maximum Gasteiger partial charge on any atom is 0.329 e. The molecule has 3 N–H and O–H groups in total. The van der Waals surface area contributed by atoms with Crippen molar-refractivity contribution in [2.75, 3.05) is 5.73 Å². The van der Waals surface area contributed by atoms with Gasteiger partial charge in [-0.2, -0.15) is 5.26 Å². The lowest BCUT2D eigenvalue weighted by Gasteiger charge is -1.98. The molecule has 0 aliphatic rings. The standard InChI is InChI=1S/C10H8N2O2/c11-6-8(5-10(13)14)7-1-3-9(12)4-2-7/h1-5H,12H2,(H,13,14). The second-order valence-corrected chi connectivity index (χ2v) is 2.63. The van der Waals surface area contributed by atoms with Gasteiger partial charge in [0.1, 0.15) is 6.07 Å². The molecule has 0 radical (unpaired) electrons. The Hall–Kier alpha value is -2.28. The predicted molar refractivity (Wildman–Crippen MR) is 52.1 cm³/mol. The van der Waals surface area contributed by atoms with Crippen molar-refractivity contribution in [3.05, 3.63) is 35.9 Å². The first-order valence-electron chi connectivity index (χ1n) is 3.84. The summed E-state index contributed by atoms with van der Waals surface area (Å²) in [5.41, 5.74) is 6.68. The van der Waals surface area contributed by atoms with Crippen LogP contribution in [0.15, 0.2) is 30.3 Å². The summed E-state index contributed by atoms with van der Waals surface area (Å²) >= 11 is 0. The monoisotopic (exact) mass is 188 g/mol. The Morgan fingerprint density at radius 3 is 2.43 bits per heavy atom. The molecule has 0 unspecified atom stereocenters. The highest BCUT2D eigenvalue weighted by molar-refractivity contribution is 5.94. The molecule has 0 saturated carbocycles. The fourth-order valence-electron chi connectivity index (χ4n) is 0.966. The number of rotatable bonds is 2. The number of carbonyl (C=O) groups is 1. The quantitative estimate of drug-likeness (QED) is 0.415. The lowest BCUT2D eigenvalue weighted by Crippen LogP contribution is -1.91. The van der Waals surface area contributed by atoms with E-state index in [9.17, 15) is 4.79 Å². The maximum atomic E-state index is 10.4. The van der Waals surface area contributed by atoms with Crippen LogP contribution in [-0.2, 0) is 4.79 Å². The maximum absolute atomic E-state index is 10.4. The van der Waals surface area contributed by atoms with Crippen LogP contribution >= 0.6 is 0 Å². The first kappa shape index (κ1) is 9.81. The van der Waals surface area contributed by atoms with Gasteiger partial charge in [-0.25, -0.2) is 4.79 Å². The Labute approximate surface area is 80.9 Å². The normalized spacial score (nSPS) is 10.6. The van der Waals surface area contributed by atoms with Gasteiger partial charge in [0.05, 0.1) is 5.57 Å². The Bertz CT molecular complexity index is 413. The zero-order valence-electron chi connectivity index (χ0n) is 7.27. The molecule has 0 aliphatic heterocycles. The molecular weight excluding hydrogens is 180 g/mol. The number of carboxylic acid groups (broad SMARTS) is 1. The molecule has 1 aromatic carbocycles. The molecule has 4 heteroatoms. The van der Waals surface area contributed by atoms with Crippen LogP contribution in [0.3, 0.4) is 0 Å². The molecule has 0 amide bonds. The van der Waals surface area contributed by atoms with E-state index in [1.54, 1.807) is 24.3 Å². The number of anilines is 1. The van der Waals surface area contributed by atoms with Crippen molar-refractivity contribution in [1.82, 2.24) is 0 Å². The van der Waals surface area contributed by atoms with E-state index in [0.29, 0.717) is 11.3 Å². The zero-order valence-corrected chi connectivity index (χ0v) is 7.27. The van der Waals surface area contributed by atoms with E-state index >= 15 is 0 Å². The summed E-state index contributed by atoms with van der Waals surface area (Å²) in [6, 6.07) is 8.24. The number of carboxylic acids is 1. The lowest BCUT2D eigenvalue weighted by atomic mass is 10.1. The van der Waals surface area contributed by atoms with E-state index in [-0.39, 0.29) is 5.57 Å². The fraction of sp³-hybridized carbons (Fsp3) is 0. The van der Waals surface area contributed by atoms with Gasteiger partial charge in [0, 0.05) is 11.8 Å². The molecule has 0 saturated heterocycles. The molecule has 0 fully saturated rings. The van der Waals surface area contributed by atoms with E-state index in [1.807, 2.05) is 6.07 Å². The number of benzene rings is 1. The first-order chi connectivity index (χ1) is 6.63. The molecule has 0 atom stereocenters. The highest BCUT2D eigenvalue weighted by Gasteiger charge is 2.02. The highest BCUT2D eigenvalue weighted by Crippen LogP contribution is 2.14. The number of allylic oxidation sites excluding steroid dienone is 1. The number of aliphatic carboxylic acids is 1. The van der Waals surface area contributed by atoms with Gasteiger partial charge in [-0.05, 0) is 17.7 Å². The Morgan fingerprint density at radius 1 is 1.43 bits per heavy atom. The van der Waals surface area contributed by atoms with Gasteiger partial charge in [0.25, 0.3) is 0 Å². The smallest absolute Gasteiger partial charge is 0.329 e. The Kier molecular flexibility index (Phi) is 2.87. The van der Waals surface area contributed by atoms with Crippen molar-refractivity contribution in [2.45, 2.75) is 0 Å². The molecule has 0 heterocycles. The number of nitrogens with zero attached hydrogens (tertiary/aromatic N) is 1. The third kappa shape index (κ3) is 2.35. The zero-order chi connectivity index (χ0) is 10.6. The SMILES string of the molecule is N#CC(=CC(=O)O)c1ccc(N)cc1. The molecule has 1 rings (SSSR count). The predicted octanol–water partition coefficient (Wildman–Crippen LogP) is 1.26. The molecule has 0 aromatic heterocycles. The van der Waals surface area contributed by atoms with Crippen LogP contribution in [-0.4, -0.2) is 11.1 Å². The van der Waals surface area contributed by atoms with E-state index in [2.05, 4.69) is 0 Å². The van der Waals surface area contributed by atoms with Gasteiger partial charge >= 0.3 is 5.97 Å². The number of hydrogen-bond acceptors (Lipinski definition) is 3. The van der Waals surface area contributed by atoms with Crippen LogP contribution in [0.1, 0.15) is 5.56 Å². The second kappa shape index (κ2) is 4.10. The minimum absolute atomic E-state index is 0.109. The average molecular weight is 188 g/mol. The molecule has 0 spiro atoms. The Morgan fingerprint density at radius 2 is 2.00 bits per heavy atom. The van der Waals surface area contributed by atoms with Crippen molar-refractivity contribution in [3.63, 3.8) is 0 Å². The highest BCUT2D eigenvalue weighted by atomic mass is 16.4. The largest absolute Gasteiger partial charge is 0.478 e. The van der Waals surface area contributed by atoms with Crippen molar-refractivity contribution in [3.8, 4) is 6.07 Å². The molecule has 0 bridgehead atoms. The van der Waals surface area contributed by atoms with Gasteiger partial charge in [-0.1, -0.05) is 12.1 Å². The number of hydrogen-bond donors (Lipinski definition) is 2. The van der Waals surface area contributed by atoms with Crippen LogP contribution in [0.5, 0.6) is 0 Å². The van der Waals surface area contributed by atoms with Crippen LogP contribution in [0.2, 0.25) is 0 Å². The average Bonchev–Trinajstić information content (AvgIpc) is 2.15. The van der Waals surface area contributed by atoms with Gasteiger partial charge in [0.15, 0.2) is 0 Å². The summed E-state index contributed by atoms with van der Waals surface area (Å²) in [4.78, 5) is 10.4. The molecule has 0 aliphatic carbocycles. The van der Waals surface area contributed by atoms with Gasteiger partial charge in [0.2, 0.25) is 0 Å². The summed E-state index contributed by atoms with van der Waals surface area (Å²) in [7, 11) is 0. The van der Waals surface area contributed by atoms with Crippen LogP contribution in [0.25, 0.3) is 5.57 Å². The summed E-state index contributed by atoms with van der Waals surface area (Å²) in [5, 5.41) is 17.2. The second-order valence-electron chi connectivity index (χ2n) is 2.63. The van der Waals surface area contributed by atoms with Gasteiger partial charge in [-0.15, -0.1) is 0 Å². The third-order valence-electron chi connectivity index (χ3n) is 1.61. The molecule has 14 heavy (non-hydrogen) atoms. The summed E-state index contributed by atoms with van der Waals surface area (Å²) in [5.74, 6) is -1.14. The van der Waals surface area contributed by atoms with E-state index in [4.69, 9.17) is 16.1 Å². The molecule has 1 aromatic rings. The van der Waals surface area contributed by atoms with Crippen molar-refractivity contribution < 1.29 is 9.90 Å².